The van der Waals surface area contributed by atoms with Crippen molar-refractivity contribution in [3.05, 3.63) is 0 Å². The highest BCUT2D eigenvalue weighted by molar-refractivity contribution is 5.05. The first-order valence-corrected chi connectivity index (χ1v) is 7.94. The van der Waals surface area contributed by atoms with Crippen LogP contribution < -0.4 is 5.32 Å². The van der Waals surface area contributed by atoms with Crippen LogP contribution in [0.25, 0.3) is 0 Å². The van der Waals surface area contributed by atoms with E-state index >= 15 is 0 Å². The van der Waals surface area contributed by atoms with E-state index in [-0.39, 0.29) is 11.2 Å². The Labute approximate surface area is 124 Å². The summed E-state index contributed by atoms with van der Waals surface area (Å²) in [4.78, 5) is 2.41. The molecule has 2 saturated heterocycles. The molecule has 118 valence electrons. The van der Waals surface area contributed by atoms with Crippen molar-refractivity contribution < 1.29 is 9.47 Å². The van der Waals surface area contributed by atoms with Crippen LogP contribution in [-0.4, -0.2) is 62.0 Å². The Morgan fingerprint density at radius 2 is 1.85 bits per heavy atom. The molecule has 20 heavy (non-hydrogen) atoms. The fourth-order valence-corrected chi connectivity index (χ4v) is 4.12. The molecule has 0 aromatic rings. The second-order valence-electron chi connectivity index (χ2n) is 7.54. The third-order valence-corrected chi connectivity index (χ3v) is 4.93. The van der Waals surface area contributed by atoms with Crippen molar-refractivity contribution in [3.8, 4) is 0 Å². The molecular weight excluding hydrogens is 252 g/mol. The smallest absolute Gasteiger partial charge is 0.0790 e. The molecule has 3 unspecified atom stereocenters. The molecule has 0 amide bonds. The molecule has 0 bridgehead atoms. The van der Waals surface area contributed by atoms with Gasteiger partial charge in [-0.1, -0.05) is 0 Å². The number of hydrogen-bond donors (Lipinski definition) is 1. The van der Waals surface area contributed by atoms with Crippen LogP contribution in [0.3, 0.4) is 0 Å². The number of rotatable bonds is 5. The van der Waals surface area contributed by atoms with Crippen molar-refractivity contribution >= 4 is 0 Å². The van der Waals surface area contributed by atoms with Crippen molar-refractivity contribution in [1.82, 2.24) is 10.2 Å². The molecule has 2 fully saturated rings. The zero-order valence-corrected chi connectivity index (χ0v) is 14.0. The molecule has 2 rings (SSSR count). The zero-order valence-electron chi connectivity index (χ0n) is 14.0. The van der Waals surface area contributed by atoms with Gasteiger partial charge in [0.2, 0.25) is 0 Å². The topological polar surface area (TPSA) is 33.7 Å². The minimum absolute atomic E-state index is 0.0953. The summed E-state index contributed by atoms with van der Waals surface area (Å²) in [7, 11) is 4.25. The average molecular weight is 284 g/mol. The molecule has 2 aliphatic heterocycles. The summed E-state index contributed by atoms with van der Waals surface area (Å²) in [5.74, 6) is 0.480. The van der Waals surface area contributed by atoms with Crippen LogP contribution in [-0.2, 0) is 9.47 Å². The summed E-state index contributed by atoms with van der Waals surface area (Å²) >= 11 is 0. The number of hydrogen-bond acceptors (Lipinski definition) is 4. The van der Waals surface area contributed by atoms with Gasteiger partial charge in [0.05, 0.1) is 17.3 Å². The highest BCUT2D eigenvalue weighted by Gasteiger charge is 2.53. The van der Waals surface area contributed by atoms with Gasteiger partial charge in [-0.15, -0.1) is 0 Å². The van der Waals surface area contributed by atoms with E-state index < -0.39 is 0 Å². The number of nitrogens with one attached hydrogen (secondary N) is 1. The lowest BCUT2D eigenvalue weighted by atomic mass is 9.82. The fraction of sp³-hybridized carbons (Fsp3) is 1.00. The van der Waals surface area contributed by atoms with Gasteiger partial charge in [-0.3, -0.25) is 0 Å². The van der Waals surface area contributed by atoms with Crippen molar-refractivity contribution in [2.24, 2.45) is 5.92 Å². The van der Waals surface area contributed by atoms with Gasteiger partial charge in [-0.25, -0.2) is 0 Å². The van der Waals surface area contributed by atoms with E-state index in [0.717, 1.165) is 19.7 Å². The van der Waals surface area contributed by atoms with Crippen LogP contribution in [0.5, 0.6) is 0 Å². The van der Waals surface area contributed by atoms with Crippen LogP contribution in [0, 0.1) is 5.92 Å². The highest BCUT2D eigenvalue weighted by atomic mass is 16.5. The minimum Gasteiger partial charge on any atom is -0.377 e. The van der Waals surface area contributed by atoms with Crippen molar-refractivity contribution in [2.45, 2.75) is 63.9 Å². The lowest BCUT2D eigenvalue weighted by Gasteiger charge is -2.33. The van der Waals surface area contributed by atoms with Gasteiger partial charge >= 0.3 is 0 Å². The molecule has 0 saturated carbocycles. The lowest BCUT2D eigenvalue weighted by molar-refractivity contribution is -0.0795. The molecule has 1 N–H and O–H groups in total. The number of nitrogens with zero attached hydrogens (tertiary/aromatic N) is 1. The summed E-state index contributed by atoms with van der Waals surface area (Å²) < 4.78 is 12.0. The SMILES string of the molecule is CNC1C(CN(C)CC2CCCO2)C(C)(C)OC1(C)C. The van der Waals surface area contributed by atoms with E-state index in [1.165, 1.54) is 12.8 Å². The Hall–Kier alpha value is -0.160. The maximum absolute atomic E-state index is 6.30. The van der Waals surface area contributed by atoms with Crippen LogP contribution in [0.2, 0.25) is 0 Å². The number of likely N-dealkylation sites (N-methyl/N-ethyl adjacent to an activating group) is 2. The molecule has 0 aromatic carbocycles. The van der Waals surface area contributed by atoms with Crippen LogP contribution in [0.4, 0.5) is 0 Å². The van der Waals surface area contributed by atoms with E-state index in [1.54, 1.807) is 0 Å². The predicted octanol–water partition coefficient (Wildman–Crippen LogP) is 1.89. The first-order chi connectivity index (χ1) is 9.26. The first-order valence-electron chi connectivity index (χ1n) is 7.94. The fourth-order valence-electron chi connectivity index (χ4n) is 4.12. The maximum atomic E-state index is 6.30. The lowest BCUT2D eigenvalue weighted by Crippen LogP contribution is -2.49. The maximum Gasteiger partial charge on any atom is 0.0790 e. The largest absolute Gasteiger partial charge is 0.377 e. The zero-order chi connectivity index (χ0) is 15.0. The van der Waals surface area contributed by atoms with E-state index in [2.05, 4.69) is 45.0 Å². The molecule has 2 aliphatic rings. The Balaban J connectivity index is 1.98. The Morgan fingerprint density at radius 3 is 2.40 bits per heavy atom. The molecule has 3 atom stereocenters. The molecular formula is C16H32N2O2. The molecule has 0 radical (unpaired) electrons. The van der Waals surface area contributed by atoms with Crippen LogP contribution in [0.15, 0.2) is 0 Å². The second-order valence-corrected chi connectivity index (χ2v) is 7.54. The molecule has 0 aromatic heterocycles. The molecule has 2 heterocycles. The monoisotopic (exact) mass is 284 g/mol. The molecule has 0 spiro atoms. The van der Waals surface area contributed by atoms with Gasteiger partial charge in [0.1, 0.15) is 0 Å². The average Bonchev–Trinajstić information content (AvgIpc) is 2.84. The first kappa shape index (κ1) is 16.2. The summed E-state index contributed by atoms with van der Waals surface area (Å²) in [6.45, 7) is 11.8. The van der Waals surface area contributed by atoms with Crippen molar-refractivity contribution in [1.29, 1.82) is 0 Å². The van der Waals surface area contributed by atoms with Crippen molar-refractivity contribution in [2.75, 3.05) is 33.8 Å². The predicted molar refractivity (Wildman–Crippen MR) is 82.1 cm³/mol. The van der Waals surface area contributed by atoms with Gasteiger partial charge in [0, 0.05) is 31.7 Å². The Morgan fingerprint density at radius 1 is 1.15 bits per heavy atom. The minimum atomic E-state index is -0.117. The normalized spacial score (nSPS) is 35.9. The second kappa shape index (κ2) is 5.91. The van der Waals surface area contributed by atoms with E-state index in [4.69, 9.17) is 9.47 Å². The van der Waals surface area contributed by atoms with E-state index in [0.29, 0.717) is 18.1 Å². The summed E-state index contributed by atoms with van der Waals surface area (Å²) in [5, 5.41) is 3.48. The molecule has 0 aliphatic carbocycles. The Bertz CT molecular complexity index is 324. The quantitative estimate of drug-likeness (QED) is 0.836. The third kappa shape index (κ3) is 3.35. The summed E-state index contributed by atoms with van der Waals surface area (Å²) in [6, 6.07) is 0.379. The van der Waals surface area contributed by atoms with Gasteiger partial charge in [0.25, 0.3) is 0 Å². The molecule has 4 heteroatoms. The van der Waals surface area contributed by atoms with E-state index in [1.807, 2.05) is 7.05 Å². The highest BCUT2D eigenvalue weighted by Crippen LogP contribution is 2.42. The van der Waals surface area contributed by atoms with Crippen LogP contribution in [0.1, 0.15) is 40.5 Å². The van der Waals surface area contributed by atoms with Gasteiger partial charge < -0.3 is 19.7 Å². The van der Waals surface area contributed by atoms with E-state index in [9.17, 15) is 0 Å². The van der Waals surface area contributed by atoms with Crippen LogP contribution >= 0.6 is 0 Å². The van der Waals surface area contributed by atoms with Gasteiger partial charge in [0.15, 0.2) is 0 Å². The molecule has 4 nitrogen and oxygen atoms in total. The summed E-state index contributed by atoms with van der Waals surface area (Å²) in [5.41, 5.74) is -0.213. The third-order valence-electron chi connectivity index (χ3n) is 4.93. The van der Waals surface area contributed by atoms with Crippen molar-refractivity contribution in [3.63, 3.8) is 0 Å². The number of ether oxygens (including phenoxy) is 2. The van der Waals surface area contributed by atoms with Gasteiger partial charge in [-0.2, -0.15) is 0 Å². The standard InChI is InChI=1S/C16H32N2O2/c1-15(2)13(14(17-5)16(3,4)20-15)11-18(6)10-12-8-7-9-19-12/h12-14,17H,7-11H2,1-6H3. The summed E-state index contributed by atoms with van der Waals surface area (Å²) in [6.07, 6.45) is 2.84. The van der Waals surface area contributed by atoms with Gasteiger partial charge in [-0.05, 0) is 54.6 Å². The Kier molecular flexibility index (Phi) is 4.80.